The zero-order chi connectivity index (χ0) is 12.3. The van der Waals surface area contributed by atoms with Crippen molar-refractivity contribution in [2.24, 2.45) is 0 Å². The van der Waals surface area contributed by atoms with Crippen molar-refractivity contribution >= 4 is 5.69 Å². The predicted octanol–water partition coefficient (Wildman–Crippen LogP) is 1.41. The molecule has 94 valence electrons. The summed E-state index contributed by atoms with van der Waals surface area (Å²) in [5.74, 6) is 0. The van der Waals surface area contributed by atoms with E-state index in [1.807, 2.05) is 0 Å². The molecule has 0 aromatic heterocycles. The number of hydrogen-bond donors (Lipinski definition) is 2. The van der Waals surface area contributed by atoms with Gasteiger partial charge in [0.25, 0.3) is 0 Å². The second-order valence-electron chi connectivity index (χ2n) is 4.82. The summed E-state index contributed by atoms with van der Waals surface area (Å²) >= 11 is 0. The highest BCUT2D eigenvalue weighted by atomic mass is 16.3. The number of piperazine rings is 1. The fourth-order valence-corrected chi connectivity index (χ4v) is 2.36. The van der Waals surface area contributed by atoms with E-state index in [1.54, 1.807) is 0 Å². The van der Waals surface area contributed by atoms with Crippen LogP contribution in [0.4, 0.5) is 5.69 Å². The number of anilines is 1. The van der Waals surface area contributed by atoms with Crippen LogP contribution in [0.2, 0.25) is 0 Å². The van der Waals surface area contributed by atoms with Gasteiger partial charge < -0.3 is 15.3 Å². The summed E-state index contributed by atoms with van der Waals surface area (Å²) in [4.78, 5) is 2.31. The summed E-state index contributed by atoms with van der Waals surface area (Å²) in [5, 5.41) is 12.8. The van der Waals surface area contributed by atoms with Gasteiger partial charge in [-0.1, -0.05) is 19.1 Å². The molecule has 1 aromatic carbocycles. The first-order chi connectivity index (χ1) is 8.24. The molecule has 0 spiro atoms. The number of rotatable bonds is 3. The van der Waals surface area contributed by atoms with Crippen molar-refractivity contribution in [3.63, 3.8) is 0 Å². The lowest BCUT2D eigenvalue weighted by Gasteiger charge is -2.40. The van der Waals surface area contributed by atoms with Crippen molar-refractivity contribution < 1.29 is 5.11 Å². The van der Waals surface area contributed by atoms with Crippen molar-refractivity contribution in [1.82, 2.24) is 5.32 Å². The lowest BCUT2D eigenvalue weighted by Crippen LogP contribution is -2.57. The van der Waals surface area contributed by atoms with Crippen LogP contribution in [0.5, 0.6) is 0 Å². The molecular weight excluding hydrogens is 212 g/mol. The molecule has 17 heavy (non-hydrogen) atoms. The van der Waals surface area contributed by atoms with Crippen LogP contribution in [0.15, 0.2) is 24.3 Å². The fraction of sp³-hybridized carbons (Fsp3) is 0.571. The predicted molar refractivity (Wildman–Crippen MR) is 71.5 cm³/mol. The molecule has 2 atom stereocenters. The van der Waals surface area contributed by atoms with E-state index in [2.05, 4.69) is 48.3 Å². The Morgan fingerprint density at radius 1 is 1.35 bits per heavy atom. The second-order valence-corrected chi connectivity index (χ2v) is 4.82. The minimum Gasteiger partial charge on any atom is -0.394 e. The van der Waals surface area contributed by atoms with Crippen LogP contribution in [-0.2, 0) is 6.42 Å². The quantitative estimate of drug-likeness (QED) is 0.830. The molecule has 1 fully saturated rings. The first kappa shape index (κ1) is 12.4. The Bertz CT molecular complexity index is 350. The van der Waals surface area contributed by atoms with Crippen LogP contribution >= 0.6 is 0 Å². The summed E-state index contributed by atoms with van der Waals surface area (Å²) in [6.45, 7) is 6.36. The van der Waals surface area contributed by atoms with E-state index in [1.165, 1.54) is 11.3 Å². The van der Waals surface area contributed by atoms with Crippen LogP contribution in [-0.4, -0.2) is 36.9 Å². The SMILES string of the molecule is CCc1ccc(N2CC(C)NCC2CO)cc1. The van der Waals surface area contributed by atoms with Crippen molar-refractivity contribution in [3.8, 4) is 0 Å². The van der Waals surface area contributed by atoms with Gasteiger partial charge in [-0.05, 0) is 31.0 Å². The van der Waals surface area contributed by atoms with E-state index in [-0.39, 0.29) is 12.6 Å². The zero-order valence-electron chi connectivity index (χ0n) is 10.7. The Morgan fingerprint density at radius 2 is 2.06 bits per heavy atom. The number of aliphatic hydroxyl groups is 1. The van der Waals surface area contributed by atoms with Gasteiger partial charge in [0.15, 0.2) is 0 Å². The van der Waals surface area contributed by atoms with Crippen molar-refractivity contribution in [2.75, 3.05) is 24.6 Å². The number of nitrogens with one attached hydrogen (secondary N) is 1. The van der Waals surface area contributed by atoms with E-state index in [9.17, 15) is 5.11 Å². The molecule has 1 saturated heterocycles. The third-order valence-electron chi connectivity index (χ3n) is 3.50. The summed E-state index contributed by atoms with van der Waals surface area (Å²) in [7, 11) is 0. The molecule has 0 aliphatic carbocycles. The highest BCUT2D eigenvalue weighted by molar-refractivity contribution is 5.49. The van der Waals surface area contributed by atoms with Crippen molar-refractivity contribution in [2.45, 2.75) is 32.4 Å². The summed E-state index contributed by atoms with van der Waals surface area (Å²) < 4.78 is 0. The molecule has 1 aromatic rings. The molecule has 2 unspecified atom stereocenters. The van der Waals surface area contributed by atoms with Crippen LogP contribution in [0.3, 0.4) is 0 Å². The number of hydrogen-bond acceptors (Lipinski definition) is 3. The maximum absolute atomic E-state index is 9.43. The Hall–Kier alpha value is -1.06. The molecular formula is C14H22N2O. The minimum absolute atomic E-state index is 0.193. The Morgan fingerprint density at radius 3 is 2.65 bits per heavy atom. The average molecular weight is 234 g/mol. The lowest BCUT2D eigenvalue weighted by atomic mass is 10.1. The molecule has 0 radical (unpaired) electrons. The number of benzene rings is 1. The third-order valence-corrected chi connectivity index (χ3v) is 3.50. The monoisotopic (exact) mass is 234 g/mol. The van der Waals surface area contributed by atoms with Gasteiger partial charge in [0.2, 0.25) is 0 Å². The van der Waals surface area contributed by atoms with Crippen molar-refractivity contribution in [3.05, 3.63) is 29.8 Å². The Kier molecular flexibility index (Phi) is 4.02. The largest absolute Gasteiger partial charge is 0.394 e. The zero-order valence-corrected chi connectivity index (χ0v) is 10.7. The second kappa shape index (κ2) is 5.52. The molecule has 0 amide bonds. The Labute approximate surface area is 103 Å². The highest BCUT2D eigenvalue weighted by Crippen LogP contribution is 2.20. The number of nitrogens with zero attached hydrogens (tertiary/aromatic N) is 1. The van der Waals surface area contributed by atoms with Gasteiger partial charge in [0, 0.05) is 24.8 Å². The van der Waals surface area contributed by atoms with Crippen LogP contribution in [0.25, 0.3) is 0 Å². The standard InChI is InChI=1S/C14H22N2O/c1-3-12-4-6-13(7-5-12)16-9-11(2)15-8-14(16)10-17/h4-7,11,14-15,17H,3,8-10H2,1-2H3. The summed E-state index contributed by atoms with van der Waals surface area (Å²) in [6.07, 6.45) is 1.07. The number of aliphatic hydroxyl groups excluding tert-OH is 1. The molecule has 1 aliphatic rings. The molecule has 3 nitrogen and oxygen atoms in total. The molecule has 3 heteroatoms. The van der Waals surface area contributed by atoms with Gasteiger partial charge in [-0.15, -0.1) is 0 Å². The smallest absolute Gasteiger partial charge is 0.0647 e. The maximum atomic E-state index is 9.43. The van der Waals surface area contributed by atoms with E-state index >= 15 is 0 Å². The van der Waals surface area contributed by atoms with E-state index < -0.39 is 0 Å². The van der Waals surface area contributed by atoms with E-state index in [4.69, 9.17) is 0 Å². The van der Waals surface area contributed by atoms with Gasteiger partial charge in [-0.25, -0.2) is 0 Å². The first-order valence-corrected chi connectivity index (χ1v) is 6.44. The normalized spacial score (nSPS) is 25.0. The topological polar surface area (TPSA) is 35.5 Å². The first-order valence-electron chi connectivity index (χ1n) is 6.44. The molecule has 1 heterocycles. The molecule has 0 saturated carbocycles. The molecule has 2 N–H and O–H groups in total. The van der Waals surface area contributed by atoms with Crippen LogP contribution in [0.1, 0.15) is 19.4 Å². The van der Waals surface area contributed by atoms with E-state index in [0.717, 1.165) is 19.5 Å². The third kappa shape index (κ3) is 2.79. The van der Waals surface area contributed by atoms with Crippen molar-refractivity contribution in [1.29, 1.82) is 0 Å². The average Bonchev–Trinajstić information content (AvgIpc) is 2.39. The van der Waals surface area contributed by atoms with Crippen LogP contribution in [0, 0.1) is 0 Å². The summed E-state index contributed by atoms with van der Waals surface area (Å²) in [6, 6.07) is 9.36. The summed E-state index contributed by atoms with van der Waals surface area (Å²) in [5.41, 5.74) is 2.58. The highest BCUT2D eigenvalue weighted by Gasteiger charge is 2.25. The minimum atomic E-state index is 0.193. The molecule has 0 bridgehead atoms. The van der Waals surface area contributed by atoms with Crippen LogP contribution < -0.4 is 10.2 Å². The Balaban J connectivity index is 2.16. The lowest BCUT2D eigenvalue weighted by molar-refractivity contribution is 0.237. The van der Waals surface area contributed by atoms with E-state index in [0.29, 0.717) is 6.04 Å². The van der Waals surface area contributed by atoms with Gasteiger partial charge in [0.1, 0.15) is 0 Å². The van der Waals surface area contributed by atoms with Gasteiger partial charge in [-0.3, -0.25) is 0 Å². The van der Waals surface area contributed by atoms with Gasteiger partial charge in [-0.2, -0.15) is 0 Å². The fourth-order valence-electron chi connectivity index (χ4n) is 2.36. The number of aryl methyl sites for hydroxylation is 1. The van der Waals surface area contributed by atoms with Gasteiger partial charge >= 0.3 is 0 Å². The molecule has 2 rings (SSSR count). The van der Waals surface area contributed by atoms with Gasteiger partial charge in [0.05, 0.1) is 12.6 Å². The maximum Gasteiger partial charge on any atom is 0.0647 e. The molecule has 1 aliphatic heterocycles.